The molecular weight excluding hydrogens is 593 g/mol. The Morgan fingerprint density at radius 2 is 1.81 bits per heavy atom. The fourth-order valence-electron chi connectivity index (χ4n) is 6.59. The Morgan fingerprint density at radius 1 is 1.07 bits per heavy atom. The summed E-state index contributed by atoms with van der Waals surface area (Å²) in [5, 5.41) is 1.26. The Bertz CT molecular complexity index is 1410. The third-order valence-electron chi connectivity index (χ3n) is 8.67. The highest BCUT2D eigenvalue weighted by Gasteiger charge is 2.52. The van der Waals surface area contributed by atoms with Crippen molar-refractivity contribution in [1.29, 1.82) is 0 Å². The maximum Gasteiger partial charge on any atom is 0.229 e. The lowest BCUT2D eigenvalue weighted by Crippen LogP contribution is -2.58. The monoisotopic (exact) mass is 631 g/mol. The van der Waals surface area contributed by atoms with E-state index < -0.39 is 16.2 Å². The first-order valence-corrected chi connectivity index (χ1v) is 16.8. The molecule has 2 aromatic carbocycles. The van der Waals surface area contributed by atoms with E-state index in [2.05, 4.69) is 18.0 Å². The molecule has 5 rings (SSSR count). The molecule has 226 valence electrons. The summed E-state index contributed by atoms with van der Waals surface area (Å²) in [4.78, 5) is 21.6. The molecule has 4 atom stereocenters. The topological polar surface area (TPSA) is 86.1 Å². The van der Waals surface area contributed by atoms with Gasteiger partial charge >= 0.3 is 0 Å². The maximum absolute atomic E-state index is 14.9. The smallest absolute Gasteiger partial charge is 0.229 e. The van der Waals surface area contributed by atoms with Crippen LogP contribution in [0.5, 0.6) is 5.88 Å². The number of piperidine rings is 1. The van der Waals surface area contributed by atoms with Crippen LogP contribution in [0.4, 0.5) is 0 Å². The summed E-state index contributed by atoms with van der Waals surface area (Å²) in [7, 11) is -1.27. The van der Waals surface area contributed by atoms with Gasteiger partial charge in [-0.15, -0.1) is 10.8 Å². The van der Waals surface area contributed by atoms with E-state index in [1.807, 2.05) is 66.4 Å². The number of halogens is 2. The van der Waals surface area contributed by atoms with E-state index in [0.717, 1.165) is 23.2 Å². The summed E-state index contributed by atoms with van der Waals surface area (Å²) in [6.07, 6.45) is 2.37. The standard InChI is InChI=1S/C32H39Cl2N3O4S/c1-4-27(21-36-16-7-17-42(36,39)40)37-30(22-12-14-24(33)15-13-22)28(23-8-5-9-25(34)18-23)20-32(2,31(37)38)19-26-10-6-11-29(35-26)41-3/h5-6,8-15,18,27-28,30,39-40H,4,7,16-17,19-21H2,1-3H3/t27-,28+,30+,32+/m0/s1. The summed E-state index contributed by atoms with van der Waals surface area (Å²) in [5.74, 6) is 0.800. The van der Waals surface area contributed by atoms with Crippen LogP contribution >= 0.6 is 34.0 Å². The van der Waals surface area contributed by atoms with Crippen molar-refractivity contribution in [2.75, 3.05) is 26.0 Å². The number of amides is 1. The molecular formula is C32H39Cl2N3O4S. The molecule has 3 heterocycles. The van der Waals surface area contributed by atoms with Gasteiger partial charge in [0.2, 0.25) is 11.8 Å². The van der Waals surface area contributed by atoms with Gasteiger partial charge in [0.25, 0.3) is 0 Å². The van der Waals surface area contributed by atoms with Crippen LogP contribution in [0.15, 0.2) is 66.7 Å². The molecule has 2 N–H and O–H groups in total. The predicted octanol–water partition coefficient (Wildman–Crippen LogP) is 7.85. The zero-order valence-corrected chi connectivity index (χ0v) is 26.6. The Hall–Kier alpha value is -2.33. The van der Waals surface area contributed by atoms with Crippen molar-refractivity contribution in [1.82, 2.24) is 14.2 Å². The van der Waals surface area contributed by atoms with Gasteiger partial charge in [-0.3, -0.25) is 13.9 Å². The Morgan fingerprint density at radius 3 is 2.45 bits per heavy atom. The number of rotatable bonds is 9. The molecule has 42 heavy (non-hydrogen) atoms. The molecule has 3 aromatic rings. The Balaban J connectivity index is 1.64. The molecule has 2 aliphatic heterocycles. The molecule has 0 unspecified atom stereocenters. The van der Waals surface area contributed by atoms with Crippen molar-refractivity contribution in [3.05, 3.63) is 93.6 Å². The third-order valence-corrected chi connectivity index (χ3v) is 11.2. The average molecular weight is 633 g/mol. The van der Waals surface area contributed by atoms with Crippen LogP contribution in [0, 0.1) is 5.41 Å². The molecule has 0 saturated carbocycles. The quantitative estimate of drug-likeness (QED) is 0.250. The fourth-order valence-corrected chi connectivity index (χ4v) is 8.52. The largest absolute Gasteiger partial charge is 0.481 e. The normalized spacial score (nSPS) is 25.8. The first-order valence-electron chi connectivity index (χ1n) is 14.4. The molecule has 0 bridgehead atoms. The summed E-state index contributed by atoms with van der Waals surface area (Å²) in [6.45, 7) is 5.05. The summed E-state index contributed by atoms with van der Waals surface area (Å²) in [6, 6.07) is 20.7. The van der Waals surface area contributed by atoms with Gasteiger partial charge in [0, 0.05) is 53.3 Å². The second-order valence-corrected chi connectivity index (χ2v) is 14.7. The van der Waals surface area contributed by atoms with Crippen molar-refractivity contribution in [3.63, 3.8) is 0 Å². The van der Waals surface area contributed by atoms with Gasteiger partial charge in [-0.05, 0) is 60.7 Å². The number of methoxy groups -OCH3 is 1. The van der Waals surface area contributed by atoms with E-state index in [9.17, 15) is 13.9 Å². The summed E-state index contributed by atoms with van der Waals surface area (Å²) < 4.78 is 28.7. The zero-order valence-electron chi connectivity index (χ0n) is 24.2. The van der Waals surface area contributed by atoms with Gasteiger partial charge in [-0.1, -0.05) is 67.4 Å². The number of ether oxygens (including phenoxy) is 1. The first-order chi connectivity index (χ1) is 20.0. The zero-order chi connectivity index (χ0) is 30.1. The lowest BCUT2D eigenvalue weighted by atomic mass is 9.66. The highest BCUT2D eigenvalue weighted by molar-refractivity contribution is 8.22. The minimum atomic E-state index is -2.86. The molecule has 2 aliphatic rings. The number of aromatic nitrogens is 1. The van der Waals surface area contributed by atoms with Crippen molar-refractivity contribution >= 4 is 39.9 Å². The van der Waals surface area contributed by atoms with E-state index in [1.54, 1.807) is 17.5 Å². The molecule has 2 saturated heterocycles. The van der Waals surface area contributed by atoms with E-state index in [4.69, 9.17) is 27.9 Å². The van der Waals surface area contributed by atoms with Crippen LogP contribution in [0.3, 0.4) is 0 Å². The second-order valence-electron chi connectivity index (χ2n) is 11.6. The van der Waals surface area contributed by atoms with Gasteiger partial charge in [-0.2, -0.15) is 0 Å². The predicted molar refractivity (Wildman–Crippen MR) is 170 cm³/mol. The lowest BCUT2D eigenvalue weighted by molar-refractivity contribution is -0.155. The highest BCUT2D eigenvalue weighted by atomic mass is 35.5. The average Bonchev–Trinajstić information content (AvgIpc) is 3.31. The van der Waals surface area contributed by atoms with Gasteiger partial charge in [0.1, 0.15) is 0 Å². The van der Waals surface area contributed by atoms with Crippen LogP contribution in [0.25, 0.3) is 0 Å². The highest BCUT2D eigenvalue weighted by Crippen LogP contribution is 2.53. The fraction of sp³-hybridized carbons (Fsp3) is 0.438. The number of carbonyl (C=O) groups is 1. The molecule has 0 aliphatic carbocycles. The summed E-state index contributed by atoms with van der Waals surface area (Å²) >= 11 is 12.8. The first kappa shape index (κ1) is 31.1. The number of hydrogen-bond donors (Lipinski definition) is 2. The number of likely N-dealkylation sites (tertiary alicyclic amines) is 1. The minimum Gasteiger partial charge on any atom is -0.481 e. The van der Waals surface area contributed by atoms with E-state index in [0.29, 0.717) is 54.0 Å². The van der Waals surface area contributed by atoms with Crippen LogP contribution in [0.1, 0.15) is 61.9 Å². The number of benzene rings is 2. The van der Waals surface area contributed by atoms with Crippen molar-refractivity contribution in [3.8, 4) is 5.88 Å². The molecule has 0 spiro atoms. The lowest BCUT2D eigenvalue weighted by Gasteiger charge is -2.53. The van der Waals surface area contributed by atoms with Crippen LogP contribution < -0.4 is 4.74 Å². The van der Waals surface area contributed by atoms with Crippen LogP contribution in [0.2, 0.25) is 10.0 Å². The van der Waals surface area contributed by atoms with Gasteiger partial charge in [0.05, 0.1) is 24.3 Å². The molecule has 10 heteroatoms. The molecule has 2 fully saturated rings. The van der Waals surface area contributed by atoms with Crippen molar-refractivity contribution < 1.29 is 18.6 Å². The van der Waals surface area contributed by atoms with Gasteiger partial charge in [0.15, 0.2) is 0 Å². The molecule has 1 aromatic heterocycles. The maximum atomic E-state index is 14.9. The van der Waals surface area contributed by atoms with Crippen molar-refractivity contribution in [2.45, 2.75) is 57.5 Å². The van der Waals surface area contributed by atoms with E-state index in [1.165, 1.54) is 0 Å². The Labute approximate surface area is 260 Å². The van der Waals surface area contributed by atoms with E-state index in [-0.39, 0.29) is 23.9 Å². The summed E-state index contributed by atoms with van der Waals surface area (Å²) in [5.41, 5.74) is 2.01. The second kappa shape index (κ2) is 12.7. The SMILES string of the molecule is CC[C@@H](CN1CCCS1(O)O)N1C(=O)[C@](C)(Cc2cccc(OC)n2)C[C@H](c2cccc(Cl)c2)[C@H]1c1ccc(Cl)cc1. The minimum absolute atomic E-state index is 0.0212. The van der Waals surface area contributed by atoms with Crippen LogP contribution in [-0.4, -0.2) is 61.2 Å². The van der Waals surface area contributed by atoms with Crippen LogP contribution in [-0.2, 0) is 11.2 Å². The number of nitrogens with zero attached hydrogens (tertiary/aromatic N) is 3. The third kappa shape index (κ3) is 6.44. The van der Waals surface area contributed by atoms with Gasteiger partial charge < -0.3 is 9.64 Å². The molecule has 7 nitrogen and oxygen atoms in total. The molecule has 0 radical (unpaired) electrons. The number of hydrogen-bond acceptors (Lipinski definition) is 6. The number of carbonyl (C=O) groups excluding carboxylic acids is 1. The molecule has 1 amide bonds. The van der Waals surface area contributed by atoms with Gasteiger partial charge in [-0.25, -0.2) is 9.29 Å². The van der Waals surface area contributed by atoms with Crippen molar-refractivity contribution in [2.24, 2.45) is 5.41 Å². The van der Waals surface area contributed by atoms with E-state index >= 15 is 0 Å². The Kier molecular flexibility index (Phi) is 9.42. The number of pyridine rings is 1.